The van der Waals surface area contributed by atoms with Gasteiger partial charge in [0.2, 0.25) is 15.9 Å². The van der Waals surface area contributed by atoms with Crippen molar-refractivity contribution in [3.8, 4) is 0 Å². The number of carbonyl (C=O) groups excluding carboxylic acids is 2. The lowest BCUT2D eigenvalue weighted by Crippen LogP contribution is -2.42. The monoisotopic (exact) mass is 490 g/mol. The maximum atomic E-state index is 12.9. The van der Waals surface area contributed by atoms with E-state index in [-0.39, 0.29) is 10.9 Å². The number of carbonyl (C=O) groups is 2. The van der Waals surface area contributed by atoms with Gasteiger partial charge in [0, 0.05) is 25.8 Å². The SMILES string of the molecule is CC(Sc1ccc(S(=O)(=O)N(C)C2CCCCC2)cn1)C(=O)NC(=O)NCc1ccccc1. The van der Waals surface area contributed by atoms with Crippen LogP contribution in [0.3, 0.4) is 0 Å². The fourth-order valence-electron chi connectivity index (χ4n) is 3.67. The van der Waals surface area contributed by atoms with Crippen molar-refractivity contribution in [1.29, 1.82) is 0 Å². The number of urea groups is 1. The molecule has 10 heteroatoms. The van der Waals surface area contributed by atoms with Gasteiger partial charge in [-0.2, -0.15) is 4.31 Å². The molecule has 0 aliphatic heterocycles. The number of nitrogens with zero attached hydrogens (tertiary/aromatic N) is 2. The minimum absolute atomic E-state index is 0.0227. The van der Waals surface area contributed by atoms with Gasteiger partial charge in [0.1, 0.15) is 4.90 Å². The van der Waals surface area contributed by atoms with Crippen molar-refractivity contribution in [3.05, 3.63) is 54.2 Å². The Morgan fingerprint density at radius 1 is 1.12 bits per heavy atom. The Labute approximate surface area is 199 Å². The van der Waals surface area contributed by atoms with E-state index in [9.17, 15) is 18.0 Å². The first-order valence-electron chi connectivity index (χ1n) is 11.0. The quantitative estimate of drug-likeness (QED) is 0.548. The van der Waals surface area contributed by atoms with Crippen LogP contribution in [-0.2, 0) is 21.4 Å². The fourth-order valence-corrected chi connectivity index (χ4v) is 5.82. The molecular formula is C23H30N4O4S2. The number of hydrogen-bond acceptors (Lipinski definition) is 6. The van der Waals surface area contributed by atoms with Crippen LogP contribution in [0.1, 0.15) is 44.6 Å². The number of benzene rings is 1. The van der Waals surface area contributed by atoms with Crippen molar-refractivity contribution in [2.45, 2.75) is 66.8 Å². The molecule has 0 bridgehead atoms. The van der Waals surface area contributed by atoms with Crippen LogP contribution in [0.5, 0.6) is 0 Å². The van der Waals surface area contributed by atoms with Crippen molar-refractivity contribution in [3.63, 3.8) is 0 Å². The van der Waals surface area contributed by atoms with Crippen LogP contribution < -0.4 is 10.6 Å². The molecular weight excluding hydrogens is 460 g/mol. The number of sulfonamides is 1. The summed E-state index contributed by atoms with van der Waals surface area (Å²) in [5, 5.41) is 4.87. The molecule has 1 heterocycles. The van der Waals surface area contributed by atoms with Gasteiger partial charge in [0.25, 0.3) is 0 Å². The minimum atomic E-state index is -3.62. The van der Waals surface area contributed by atoms with Gasteiger partial charge in [-0.15, -0.1) is 0 Å². The van der Waals surface area contributed by atoms with E-state index in [4.69, 9.17) is 0 Å². The van der Waals surface area contributed by atoms with E-state index >= 15 is 0 Å². The van der Waals surface area contributed by atoms with E-state index in [1.807, 2.05) is 30.3 Å². The maximum Gasteiger partial charge on any atom is 0.321 e. The second-order valence-corrected chi connectivity index (χ2v) is 11.4. The summed E-state index contributed by atoms with van der Waals surface area (Å²) in [5.41, 5.74) is 0.927. The highest BCUT2D eigenvalue weighted by Gasteiger charge is 2.29. The molecule has 1 aliphatic rings. The van der Waals surface area contributed by atoms with Gasteiger partial charge in [-0.1, -0.05) is 61.4 Å². The number of nitrogens with one attached hydrogen (secondary N) is 2. The summed E-state index contributed by atoms with van der Waals surface area (Å²) in [6.07, 6.45) is 6.32. The lowest BCUT2D eigenvalue weighted by atomic mass is 9.96. The lowest BCUT2D eigenvalue weighted by molar-refractivity contribution is -0.119. The Hall–Kier alpha value is -2.43. The van der Waals surface area contributed by atoms with Crippen LogP contribution in [0.25, 0.3) is 0 Å². The maximum absolute atomic E-state index is 12.9. The summed E-state index contributed by atoms with van der Waals surface area (Å²) in [5.74, 6) is -0.457. The van der Waals surface area contributed by atoms with Gasteiger partial charge < -0.3 is 5.32 Å². The van der Waals surface area contributed by atoms with Gasteiger partial charge in [-0.05, 0) is 37.5 Å². The van der Waals surface area contributed by atoms with E-state index in [0.717, 1.165) is 49.4 Å². The van der Waals surface area contributed by atoms with Gasteiger partial charge in [-0.3, -0.25) is 10.1 Å². The molecule has 1 unspecified atom stereocenters. The predicted octanol–water partition coefficient (Wildman–Crippen LogP) is 3.54. The van der Waals surface area contributed by atoms with Crippen LogP contribution in [0.2, 0.25) is 0 Å². The molecule has 1 fully saturated rings. The molecule has 8 nitrogen and oxygen atoms in total. The average molecular weight is 491 g/mol. The molecule has 0 spiro atoms. The van der Waals surface area contributed by atoms with E-state index in [2.05, 4.69) is 15.6 Å². The molecule has 1 aromatic carbocycles. The molecule has 1 atom stereocenters. The first-order valence-corrected chi connectivity index (χ1v) is 13.3. The number of rotatable bonds is 8. The standard InChI is InChI=1S/C23H30N4O4S2/c1-17(22(28)26-23(29)25-15-18-9-5-3-6-10-18)32-21-14-13-20(16-24-21)33(30,31)27(2)19-11-7-4-8-12-19/h3,5-6,9-10,13-14,16-17,19H,4,7-8,11-12,15H2,1-2H3,(H2,25,26,28,29). The van der Waals surface area contributed by atoms with Crippen LogP contribution in [-0.4, -0.2) is 48.0 Å². The Morgan fingerprint density at radius 2 is 1.82 bits per heavy atom. The zero-order valence-electron chi connectivity index (χ0n) is 18.9. The Kier molecular flexibility index (Phi) is 8.87. The van der Waals surface area contributed by atoms with E-state index in [0.29, 0.717) is 11.6 Å². The van der Waals surface area contributed by atoms with Crippen LogP contribution in [0.4, 0.5) is 4.79 Å². The number of hydrogen-bond donors (Lipinski definition) is 2. The summed E-state index contributed by atoms with van der Waals surface area (Å²) < 4.78 is 27.3. The zero-order valence-corrected chi connectivity index (χ0v) is 20.5. The minimum Gasteiger partial charge on any atom is -0.334 e. The zero-order chi connectivity index (χ0) is 23.8. The van der Waals surface area contributed by atoms with Gasteiger partial charge >= 0.3 is 6.03 Å². The number of imide groups is 1. The highest BCUT2D eigenvalue weighted by atomic mass is 32.2. The van der Waals surface area contributed by atoms with Crippen molar-refractivity contribution in [1.82, 2.24) is 19.9 Å². The van der Waals surface area contributed by atoms with E-state index < -0.39 is 27.2 Å². The Bertz CT molecular complexity index is 1040. The highest BCUT2D eigenvalue weighted by Crippen LogP contribution is 2.27. The highest BCUT2D eigenvalue weighted by molar-refractivity contribution is 8.00. The van der Waals surface area contributed by atoms with Crippen LogP contribution >= 0.6 is 11.8 Å². The third-order valence-electron chi connectivity index (χ3n) is 5.67. The second kappa shape index (κ2) is 11.6. The summed E-state index contributed by atoms with van der Waals surface area (Å²) in [6.45, 7) is 1.97. The molecule has 1 aliphatic carbocycles. The second-order valence-electron chi connectivity index (χ2n) is 8.06. The molecule has 33 heavy (non-hydrogen) atoms. The Balaban J connectivity index is 1.52. The smallest absolute Gasteiger partial charge is 0.321 e. The van der Waals surface area contributed by atoms with Crippen LogP contribution in [0, 0.1) is 0 Å². The third kappa shape index (κ3) is 7.02. The lowest BCUT2D eigenvalue weighted by Gasteiger charge is -2.30. The number of aromatic nitrogens is 1. The van der Waals surface area contributed by atoms with Gasteiger partial charge in [0.15, 0.2) is 0 Å². The van der Waals surface area contributed by atoms with Crippen LogP contribution in [0.15, 0.2) is 58.6 Å². The molecule has 3 rings (SSSR count). The number of pyridine rings is 1. The van der Waals surface area contributed by atoms with Crippen molar-refractivity contribution in [2.24, 2.45) is 0 Å². The predicted molar refractivity (Wildman–Crippen MR) is 128 cm³/mol. The van der Waals surface area contributed by atoms with Crippen molar-refractivity contribution < 1.29 is 18.0 Å². The fraction of sp³-hybridized carbons (Fsp3) is 0.435. The topological polar surface area (TPSA) is 108 Å². The summed E-state index contributed by atoms with van der Waals surface area (Å²) in [6, 6.07) is 11.9. The van der Waals surface area contributed by atoms with E-state index in [1.54, 1.807) is 20.0 Å². The normalized spacial score (nSPS) is 15.7. The number of amides is 3. The summed E-state index contributed by atoms with van der Waals surface area (Å²) in [4.78, 5) is 28.7. The first-order chi connectivity index (χ1) is 15.8. The Morgan fingerprint density at radius 3 is 2.45 bits per heavy atom. The molecule has 1 aromatic heterocycles. The van der Waals surface area contributed by atoms with Crippen molar-refractivity contribution in [2.75, 3.05) is 7.05 Å². The summed E-state index contributed by atoms with van der Waals surface area (Å²) in [7, 11) is -1.99. The van der Waals surface area contributed by atoms with Gasteiger partial charge in [-0.25, -0.2) is 18.2 Å². The largest absolute Gasteiger partial charge is 0.334 e. The molecule has 3 amide bonds. The summed E-state index contributed by atoms with van der Waals surface area (Å²) >= 11 is 1.15. The molecule has 0 saturated heterocycles. The van der Waals surface area contributed by atoms with E-state index in [1.165, 1.54) is 16.6 Å². The molecule has 2 N–H and O–H groups in total. The molecule has 178 valence electrons. The third-order valence-corrected chi connectivity index (χ3v) is 8.62. The molecule has 1 saturated carbocycles. The van der Waals surface area contributed by atoms with Gasteiger partial charge in [0.05, 0.1) is 10.3 Å². The number of thioether (sulfide) groups is 1. The van der Waals surface area contributed by atoms with Crippen molar-refractivity contribution >= 4 is 33.7 Å². The average Bonchev–Trinajstić information content (AvgIpc) is 2.83. The first kappa shape index (κ1) is 25.2. The molecule has 0 radical (unpaired) electrons. The molecule has 2 aromatic rings.